The van der Waals surface area contributed by atoms with Crippen molar-refractivity contribution in [2.24, 2.45) is 0 Å². The van der Waals surface area contributed by atoms with Crippen molar-refractivity contribution in [3.05, 3.63) is 0 Å². The number of carbonyl (C=O) groups is 1. The molecule has 1 aliphatic heterocycles. The van der Waals surface area contributed by atoms with Gasteiger partial charge in [-0.15, -0.1) is 0 Å². The van der Waals surface area contributed by atoms with Crippen molar-refractivity contribution in [1.29, 1.82) is 0 Å². The predicted octanol–water partition coefficient (Wildman–Crippen LogP) is -0.240. The Labute approximate surface area is 86.2 Å². The van der Waals surface area contributed by atoms with Crippen LogP contribution in [0.1, 0.15) is 12.8 Å². The fraction of sp³-hybridized carbons (Fsp3) is 0.900. The van der Waals surface area contributed by atoms with Crippen molar-refractivity contribution in [3.63, 3.8) is 0 Å². The quantitative estimate of drug-likeness (QED) is 0.600. The largest absolute Gasteiger partial charge is 0.341 e. The molecule has 4 heteroatoms. The van der Waals surface area contributed by atoms with Gasteiger partial charge < -0.3 is 10.2 Å². The molecular weight excluding hydrogens is 178 g/mol. The van der Waals surface area contributed by atoms with Crippen LogP contribution in [0.5, 0.6) is 0 Å². The van der Waals surface area contributed by atoms with E-state index in [0.717, 1.165) is 32.6 Å². The van der Waals surface area contributed by atoms with Crippen LogP contribution < -0.4 is 5.32 Å². The van der Waals surface area contributed by atoms with E-state index in [9.17, 15) is 4.79 Å². The zero-order valence-corrected chi connectivity index (χ0v) is 9.25. The Hall–Kier alpha value is -0.610. The molecule has 1 aliphatic rings. The summed E-state index contributed by atoms with van der Waals surface area (Å²) in [7, 11) is 3.96. The average Bonchev–Trinajstić information content (AvgIpc) is 2.00. The van der Waals surface area contributed by atoms with Gasteiger partial charge in [-0.25, -0.2) is 0 Å². The summed E-state index contributed by atoms with van der Waals surface area (Å²) in [5.74, 6) is 0.281. The topological polar surface area (TPSA) is 35.6 Å². The molecule has 1 fully saturated rings. The summed E-state index contributed by atoms with van der Waals surface area (Å²) < 4.78 is 0. The van der Waals surface area contributed by atoms with Gasteiger partial charge in [0, 0.05) is 13.1 Å². The number of likely N-dealkylation sites (tertiary alicyclic amines) is 1. The first-order valence-corrected chi connectivity index (χ1v) is 5.35. The van der Waals surface area contributed by atoms with Gasteiger partial charge in [0.1, 0.15) is 0 Å². The highest BCUT2D eigenvalue weighted by Gasteiger charge is 2.20. The fourth-order valence-electron chi connectivity index (χ4n) is 1.50. The number of carbonyl (C=O) groups excluding carboxylic acids is 1. The molecule has 0 radical (unpaired) electrons. The number of hydrogen-bond acceptors (Lipinski definition) is 3. The van der Waals surface area contributed by atoms with Gasteiger partial charge in [0.2, 0.25) is 5.91 Å². The lowest BCUT2D eigenvalue weighted by atomic mass is 10.2. The first-order valence-electron chi connectivity index (χ1n) is 5.35. The van der Waals surface area contributed by atoms with Crippen LogP contribution in [0.4, 0.5) is 0 Å². The SMILES string of the molecule is CNCCCN(C)CC(=O)N1CCC1. The molecule has 0 aliphatic carbocycles. The molecule has 0 atom stereocenters. The first-order chi connectivity index (χ1) is 6.74. The summed E-state index contributed by atoms with van der Waals surface area (Å²) in [6, 6.07) is 0. The van der Waals surface area contributed by atoms with Gasteiger partial charge in [-0.3, -0.25) is 9.69 Å². The fourth-order valence-corrected chi connectivity index (χ4v) is 1.50. The van der Waals surface area contributed by atoms with Crippen molar-refractivity contribution in [3.8, 4) is 0 Å². The van der Waals surface area contributed by atoms with E-state index < -0.39 is 0 Å². The highest BCUT2D eigenvalue weighted by molar-refractivity contribution is 5.78. The van der Waals surface area contributed by atoms with E-state index in [0.29, 0.717) is 6.54 Å². The highest BCUT2D eigenvalue weighted by atomic mass is 16.2. The molecule has 0 bridgehead atoms. The minimum atomic E-state index is 0.281. The molecule has 0 saturated carbocycles. The van der Waals surface area contributed by atoms with Gasteiger partial charge >= 0.3 is 0 Å². The Morgan fingerprint density at radius 1 is 1.50 bits per heavy atom. The van der Waals surface area contributed by atoms with Crippen LogP contribution in [-0.2, 0) is 4.79 Å². The summed E-state index contributed by atoms with van der Waals surface area (Å²) in [4.78, 5) is 15.6. The number of rotatable bonds is 6. The molecule has 0 spiro atoms. The molecule has 0 aromatic heterocycles. The minimum absolute atomic E-state index is 0.281. The van der Waals surface area contributed by atoms with Gasteiger partial charge in [-0.05, 0) is 40.0 Å². The van der Waals surface area contributed by atoms with E-state index in [1.54, 1.807) is 0 Å². The molecule has 0 unspecified atom stereocenters. The van der Waals surface area contributed by atoms with E-state index in [1.165, 1.54) is 6.42 Å². The monoisotopic (exact) mass is 199 g/mol. The van der Waals surface area contributed by atoms with Crippen molar-refractivity contribution in [1.82, 2.24) is 15.1 Å². The predicted molar refractivity (Wildman–Crippen MR) is 57.2 cm³/mol. The Balaban J connectivity index is 2.06. The second kappa shape index (κ2) is 5.98. The standard InChI is InChI=1S/C10H21N3O/c1-11-5-3-6-12(2)9-10(14)13-7-4-8-13/h11H,3-9H2,1-2H3. The van der Waals surface area contributed by atoms with E-state index in [-0.39, 0.29) is 5.91 Å². The van der Waals surface area contributed by atoms with Crippen LogP contribution in [-0.4, -0.2) is 62.5 Å². The lowest BCUT2D eigenvalue weighted by Crippen LogP contribution is -2.46. The molecule has 82 valence electrons. The molecule has 1 amide bonds. The Bertz CT molecular complexity index is 180. The minimum Gasteiger partial charge on any atom is -0.341 e. The number of likely N-dealkylation sites (N-methyl/N-ethyl adjacent to an activating group) is 1. The molecule has 1 N–H and O–H groups in total. The molecule has 14 heavy (non-hydrogen) atoms. The van der Waals surface area contributed by atoms with Gasteiger partial charge in [0.05, 0.1) is 6.54 Å². The lowest BCUT2D eigenvalue weighted by molar-refractivity contribution is -0.135. The highest BCUT2D eigenvalue weighted by Crippen LogP contribution is 2.06. The zero-order chi connectivity index (χ0) is 10.4. The third kappa shape index (κ3) is 3.64. The number of nitrogens with one attached hydrogen (secondary N) is 1. The smallest absolute Gasteiger partial charge is 0.236 e. The molecule has 0 aromatic rings. The Morgan fingerprint density at radius 3 is 2.71 bits per heavy atom. The van der Waals surface area contributed by atoms with Gasteiger partial charge in [-0.1, -0.05) is 0 Å². The summed E-state index contributed by atoms with van der Waals surface area (Å²) in [6.07, 6.45) is 2.27. The Kier molecular flexibility index (Phi) is 4.90. The summed E-state index contributed by atoms with van der Waals surface area (Å²) in [5.41, 5.74) is 0. The number of hydrogen-bond donors (Lipinski definition) is 1. The first kappa shape index (κ1) is 11.5. The average molecular weight is 199 g/mol. The number of amides is 1. The molecular formula is C10H21N3O. The van der Waals surface area contributed by atoms with E-state index >= 15 is 0 Å². The maximum atomic E-state index is 11.5. The van der Waals surface area contributed by atoms with Crippen molar-refractivity contribution in [2.45, 2.75) is 12.8 Å². The summed E-state index contributed by atoms with van der Waals surface area (Å²) in [6.45, 7) is 4.50. The van der Waals surface area contributed by atoms with Gasteiger partial charge in [0.25, 0.3) is 0 Å². The van der Waals surface area contributed by atoms with Crippen LogP contribution in [0, 0.1) is 0 Å². The summed E-state index contributed by atoms with van der Waals surface area (Å²) in [5, 5.41) is 3.10. The normalized spacial score (nSPS) is 15.8. The third-order valence-electron chi connectivity index (χ3n) is 2.58. The molecule has 1 heterocycles. The van der Waals surface area contributed by atoms with Crippen molar-refractivity contribution < 1.29 is 4.79 Å². The molecule has 4 nitrogen and oxygen atoms in total. The van der Waals surface area contributed by atoms with Gasteiger partial charge in [-0.2, -0.15) is 0 Å². The van der Waals surface area contributed by atoms with Crippen LogP contribution in [0.3, 0.4) is 0 Å². The second-order valence-corrected chi connectivity index (χ2v) is 3.93. The van der Waals surface area contributed by atoms with Gasteiger partial charge in [0.15, 0.2) is 0 Å². The lowest BCUT2D eigenvalue weighted by Gasteiger charge is -2.32. The van der Waals surface area contributed by atoms with Crippen LogP contribution >= 0.6 is 0 Å². The molecule has 1 rings (SSSR count). The van der Waals surface area contributed by atoms with Crippen molar-refractivity contribution in [2.75, 3.05) is 46.8 Å². The third-order valence-corrected chi connectivity index (χ3v) is 2.58. The number of nitrogens with zero attached hydrogens (tertiary/aromatic N) is 2. The van der Waals surface area contributed by atoms with Crippen molar-refractivity contribution >= 4 is 5.91 Å². The molecule has 1 saturated heterocycles. The Morgan fingerprint density at radius 2 is 2.21 bits per heavy atom. The zero-order valence-electron chi connectivity index (χ0n) is 9.25. The second-order valence-electron chi connectivity index (χ2n) is 3.93. The van der Waals surface area contributed by atoms with E-state index in [4.69, 9.17) is 0 Å². The van der Waals surface area contributed by atoms with Crippen LogP contribution in [0.25, 0.3) is 0 Å². The van der Waals surface area contributed by atoms with Crippen LogP contribution in [0.15, 0.2) is 0 Å². The summed E-state index contributed by atoms with van der Waals surface area (Å²) >= 11 is 0. The van der Waals surface area contributed by atoms with E-state index in [1.807, 2.05) is 19.0 Å². The van der Waals surface area contributed by atoms with Crippen LogP contribution in [0.2, 0.25) is 0 Å². The maximum absolute atomic E-state index is 11.5. The molecule has 0 aromatic carbocycles. The maximum Gasteiger partial charge on any atom is 0.236 e. The van der Waals surface area contributed by atoms with E-state index in [2.05, 4.69) is 10.2 Å².